The van der Waals surface area contributed by atoms with Crippen molar-refractivity contribution < 1.29 is 33.8 Å². The lowest BCUT2D eigenvalue weighted by Crippen LogP contribution is -2.80. The third kappa shape index (κ3) is 3.24. The van der Waals surface area contributed by atoms with Gasteiger partial charge in [-0.15, -0.1) is 22.0 Å². The number of aromatic amines is 1. The molecule has 1 aromatic heterocycles. The van der Waals surface area contributed by atoms with E-state index in [4.69, 9.17) is 10.5 Å². The monoisotopic (exact) mass is 413 g/mol. The predicted molar refractivity (Wildman–Crippen MR) is 89.1 cm³/mol. The number of hydrogen-bond donors (Lipinski definition) is 4. The van der Waals surface area contributed by atoms with E-state index in [1.807, 2.05) is 0 Å². The van der Waals surface area contributed by atoms with Crippen molar-refractivity contribution in [2.24, 2.45) is 5.73 Å². The number of methoxy groups -OCH3 is 1. The maximum absolute atomic E-state index is 12.8. The molecule has 0 radical (unpaired) electrons. The Morgan fingerprint density at radius 1 is 1.50 bits per heavy atom. The highest BCUT2D eigenvalue weighted by molar-refractivity contribution is 8.00. The quantitative estimate of drug-likeness (QED) is 0.273. The van der Waals surface area contributed by atoms with Crippen LogP contribution < -0.4 is 11.1 Å². The van der Waals surface area contributed by atoms with Gasteiger partial charge in [-0.1, -0.05) is 5.21 Å². The minimum atomic E-state index is -1.75. The molecule has 0 saturated carbocycles. The highest BCUT2D eigenvalue weighted by atomic mass is 32.2. The number of aliphatic carboxylic acids is 1. The molecule has 0 aliphatic carbocycles. The number of ether oxygens (including phenoxy) is 2. The van der Waals surface area contributed by atoms with Gasteiger partial charge in [-0.2, -0.15) is 5.21 Å². The third-order valence-electron chi connectivity index (χ3n) is 4.06. The van der Waals surface area contributed by atoms with Gasteiger partial charge in [0.05, 0.1) is 6.42 Å². The zero-order valence-corrected chi connectivity index (χ0v) is 15.2. The van der Waals surface area contributed by atoms with Crippen molar-refractivity contribution in [2.45, 2.75) is 17.5 Å². The van der Waals surface area contributed by atoms with Gasteiger partial charge in [-0.3, -0.25) is 14.5 Å². The van der Waals surface area contributed by atoms with E-state index in [0.29, 0.717) is 0 Å². The summed E-state index contributed by atoms with van der Waals surface area (Å²) in [7, 11) is 1.22. The second kappa shape index (κ2) is 7.43. The minimum absolute atomic E-state index is 0.112. The van der Waals surface area contributed by atoms with E-state index in [1.165, 1.54) is 7.11 Å². The molecule has 0 bridgehead atoms. The van der Waals surface area contributed by atoms with Crippen LogP contribution in [-0.4, -0.2) is 85.1 Å². The molecule has 1 aromatic rings. The molecule has 150 valence electrons. The van der Waals surface area contributed by atoms with E-state index in [2.05, 4.69) is 30.7 Å². The second-order valence-electron chi connectivity index (χ2n) is 5.70. The number of carboxylic acids is 1. The summed E-state index contributed by atoms with van der Waals surface area (Å²) < 4.78 is 9.93. The molecule has 2 unspecified atom stereocenters. The van der Waals surface area contributed by atoms with Crippen molar-refractivity contribution in [2.75, 3.05) is 19.5 Å². The SMILES string of the molecule is COC1(NC(=O)Cc2nn[nH]n2)C(=O)N2C(C(=O)O)=C(COC(N)=O)CSC21. The minimum Gasteiger partial charge on any atom is -0.477 e. The number of nitrogens with one attached hydrogen (secondary N) is 2. The summed E-state index contributed by atoms with van der Waals surface area (Å²) in [6.45, 7) is -0.370. The number of primary amides is 1. The van der Waals surface area contributed by atoms with Crippen LogP contribution in [0.5, 0.6) is 0 Å². The van der Waals surface area contributed by atoms with Crippen molar-refractivity contribution in [1.29, 1.82) is 0 Å². The maximum Gasteiger partial charge on any atom is 0.404 e. The molecule has 2 aliphatic rings. The van der Waals surface area contributed by atoms with Gasteiger partial charge in [0.15, 0.2) is 5.82 Å². The van der Waals surface area contributed by atoms with E-state index in [1.54, 1.807) is 0 Å². The Labute approximate surface area is 160 Å². The Morgan fingerprint density at radius 2 is 2.25 bits per heavy atom. The van der Waals surface area contributed by atoms with Crippen molar-refractivity contribution in [3.8, 4) is 0 Å². The molecule has 3 rings (SSSR count). The molecule has 28 heavy (non-hydrogen) atoms. The molecule has 3 heterocycles. The topological polar surface area (TPSA) is 203 Å². The van der Waals surface area contributed by atoms with Gasteiger partial charge in [0.25, 0.3) is 11.6 Å². The summed E-state index contributed by atoms with van der Waals surface area (Å²) in [5.74, 6) is -2.54. The number of nitrogens with zero attached hydrogens (tertiary/aromatic N) is 4. The van der Waals surface area contributed by atoms with Gasteiger partial charge in [-0.25, -0.2) is 9.59 Å². The first-order chi connectivity index (χ1) is 13.3. The summed E-state index contributed by atoms with van der Waals surface area (Å²) >= 11 is 1.14. The Bertz CT molecular complexity index is 857. The van der Waals surface area contributed by atoms with Crippen LogP contribution >= 0.6 is 11.8 Å². The molecule has 1 saturated heterocycles. The van der Waals surface area contributed by atoms with Gasteiger partial charge >= 0.3 is 12.1 Å². The van der Waals surface area contributed by atoms with Crippen molar-refractivity contribution in [3.63, 3.8) is 0 Å². The highest BCUT2D eigenvalue weighted by Crippen LogP contribution is 2.46. The number of β-lactam (4-membered cyclic amide) rings is 1. The Morgan fingerprint density at radius 3 is 2.82 bits per heavy atom. The largest absolute Gasteiger partial charge is 0.477 e. The van der Waals surface area contributed by atoms with E-state index in [-0.39, 0.29) is 35.9 Å². The molecule has 15 heteroatoms. The fraction of sp³-hybridized carbons (Fsp3) is 0.462. The third-order valence-corrected chi connectivity index (χ3v) is 5.43. The average molecular weight is 413 g/mol. The molecule has 1 fully saturated rings. The number of fused-ring (bicyclic) bond motifs is 1. The Kier molecular flexibility index (Phi) is 5.19. The van der Waals surface area contributed by atoms with Crippen LogP contribution in [0.4, 0.5) is 4.79 Å². The number of tetrazole rings is 1. The molecule has 2 atom stereocenters. The maximum atomic E-state index is 12.8. The van der Waals surface area contributed by atoms with Crippen LogP contribution in [0.25, 0.3) is 0 Å². The zero-order valence-electron chi connectivity index (χ0n) is 14.4. The first-order valence-corrected chi connectivity index (χ1v) is 8.76. The van der Waals surface area contributed by atoms with Crippen LogP contribution in [0, 0.1) is 0 Å². The number of aromatic nitrogens is 4. The number of rotatable bonds is 7. The number of carboxylic acid groups (broad SMARTS) is 1. The van der Waals surface area contributed by atoms with Crippen LogP contribution in [-0.2, 0) is 30.3 Å². The van der Waals surface area contributed by atoms with Crippen LogP contribution in [0.1, 0.15) is 5.82 Å². The highest BCUT2D eigenvalue weighted by Gasteiger charge is 2.66. The summed E-state index contributed by atoms with van der Waals surface area (Å²) in [6, 6.07) is 0. The predicted octanol–water partition coefficient (Wildman–Crippen LogP) is -2.45. The Balaban J connectivity index is 1.81. The van der Waals surface area contributed by atoms with E-state index in [0.717, 1.165) is 16.7 Å². The van der Waals surface area contributed by atoms with Crippen molar-refractivity contribution >= 4 is 35.6 Å². The molecule has 5 N–H and O–H groups in total. The number of amides is 3. The van der Waals surface area contributed by atoms with Crippen molar-refractivity contribution in [3.05, 3.63) is 17.1 Å². The van der Waals surface area contributed by atoms with E-state index < -0.39 is 35.0 Å². The fourth-order valence-electron chi connectivity index (χ4n) is 2.86. The summed E-state index contributed by atoms with van der Waals surface area (Å²) in [5.41, 5.74) is 3.02. The Hall–Kier alpha value is -3.20. The summed E-state index contributed by atoms with van der Waals surface area (Å²) in [6.07, 6.45) is -1.33. The fourth-order valence-corrected chi connectivity index (χ4v) is 4.28. The molecular weight excluding hydrogens is 398 g/mol. The summed E-state index contributed by atoms with van der Waals surface area (Å²) in [5, 5.41) is 24.0. The molecule has 3 amide bonds. The number of nitrogens with two attached hydrogens (primary N) is 1. The molecule has 2 aliphatic heterocycles. The molecule has 0 aromatic carbocycles. The standard InChI is InChI=1S/C13H15N7O7S/c1-26-13(15-7(21)2-6-16-18-19-17-6)10(24)20-8(9(22)23)5(3-27-12(14)25)4-28-11(13)20/h11H,2-4H2,1H3,(H2,14,25)(H,15,21)(H,22,23)(H,16,17,18,19). The van der Waals surface area contributed by atoms with Crippen LogP contribution in [0.3, 0.4) is 0 Å². The lowest BCUT2D eigenvalue weighted by Gasteiger charge is -2.55. The molecule has 0 spiro atoms. The lowest BCUT2D eigenvalue weighted by molar-refractivity contribution is -0.192. The van der Waals surface area contributed by atoms with Crippen LogP contribution in [0.15, 0.2) is 11.3 Å². The van der Waals surface area contributed by atoms with Gasteiger partial charge < -0.3 is 25.6 Å². The van der Waals surface area contributed by atoms with Gasteiger partial charge in [0, 0.05) is 18.4 Å². The van der Waals surface area contributed by atoms with Crippen molar-refractivity contribution in [1.82, 2.24) is 30.8 Å². The average Bonchev–Trinajstić information content (AvgIpc) is 3.15. The number of H-pyrrole nitrogens is 1. The van der Waals surface area contributed by atoms with Gasteiger partial charge in [0.2, 0.25) is 5.91 Å². The number of carbonyl (C=O) groups excluding carboxylic acids is 3. The van der Waals surface area contributed by atoms with E-state index in [9.17, 15) is 24.3 Å². The number of thioether (sulfide) groups is 1. The van der Waals surface area contributed by atoms with Gasteiger partial charge in [0.1, 0.15) is 17.7 Å². The molecular formula is C13H15N7O7S. The smallest absolute Gasteiger partial charge is 0.404 e. The first-order valence-electron chi connectivity index (χ1n) is 7.71. The van der Waals surface area contributed by atoms with E-state index >= 15 is 0 Å². The normalized spacial score (nSPS) is 23.7. The lowest BCUT2D eigenvalue weighted by atomic mass is 9.98. The zero-order chi connectivity index (χ0) is 20.5. The molecule has 14 nitrogen and oxygen atoms in total. The van der Waals surface area contributed by atoms with Crippen LogP contribution in [0.2, 0.25) is 0 Å². The number of carbonyl (C=O) groups is 4. The number of hydrogen-bond acceptors (Lipinski definition) is 10. The second-order valence-corrected chi connectivity index (χ2v) is 6.76. The summed E-state index contributed by atoms with van der Waals surface area (Å²) in [4.78, 5) is 48.5. The first kappa shape index (κ1) is 19.6. The van der Waals surface area contributed by atoms with Gasteiger partial charge in [-0.05, 0) is 0 Å².